The molecule has 0 aromatic heterocycles. The maximum absolute atomic E-state index is 11.2. The second-order valence-electron chi connectivity index (χ2n) is 6.74. The molecule has 0 aliphatic heterocycles. The first-order chi connectivity index (χ1) is 15.4. The van der Waals surface area contributed by atoms with Crippen LogP contribution < -0.4 is 10.6 Å². The van der Waals surface area contributed by atoms with Crippen molar-refractivity contribution in [2.24, 2.45) is 0 Å². The summed E-state index contributed by atoms with van der Waals surface area (Å²) >= 11 is 0. The molecule has 4 N–H and O–H groups in total. The second-order valence-corrected chi connectivity index (χ2v) is 9.03. The molecule has 4 rings (SSSR count). The topological polar surface area (TPSA) is 115 Å². The van der Waals surface area contributed by atoms with Crippen LogP contribution in [0.1, 0.15) is 0 Å². The fourth-order valence-electron chi connectivity index (χ4n) is 3.21. The summed E-state index contributed by atoms with van der Waals surface area (Å²) in [6, 6.07) is 27.1. The van der Waals surface area contributed by atoms with Crippen LogP contribution in [0.25, 0.3) is 22.3 Å². The van der Waals surface area contributed by atoms with Gasteiger partial charge in [-0.05, 0) is 35.4 Å². The van der Waals surface area contributed by atoms with Crippen molar-refractivity contribution in [1.82, 2.24) is 0 Å². The van der Waals surface area contributed by atoms with Crippen molar-refractivity contribution >= 4 is 26.7 Å². The van der Waals surface area contributed by atoms with Crippen LogP contribution >= 0.6 is 16.1 Å². The van der Waals surface area contributed by atoms with Gasteiger partial charge in [0.25, 0.3) is 0 Å². The number of para-hydroxylation sites is 2. The van der Waals surface area contributed by atoms with Gasteiger partial charge in [0, 0.05) is 38.5 Å². The molecular weight excluding hydrogens is 505 g/mol. The third kappa shape index (κ3) is 6.68. The van der Waals surface area contributed by atoms with Crippen molar-refractivity contribution in [2.75, 3.05) is 0 Å². The summed E-state index contributed by atoms with van der Waals surface area (Å²) in [5.41, 5.74) is 2.36. The van der Waals surface area contributed by atoms with E-state index in [1.807, 2.05) is 0 Å². The first kappa shape index (κ1) is 26.6. The van der Waals surface area contributed by atoms with E-state index in [0.717, 1.165) is 0 Å². The summed E-state index contributed by atoms with van der Waals surface area (Å²) in [4.78, 5) is 18.4. The van der Waals surface area contributed by atoms with E-state index in [9.17, 15) is 29.1 Å². The summed E-state index contributed by atoms with van der Waals surface area (Å²) in [6.45, 7) is 0. The monoisotopic (exact) mass is 527 g/mol. The van der Waals surface area contributed by atoms with E-state index < -0.39 is 16.1 Å². The summed E-state index contributed by atoms with van der Waals surface area (Å²) in [7, 11) is -5.53. The van der Waals surface area contributed by atoms with Crippen LogP contribution in [0.2, 0.25) is 0 Å². The molecule has 6 nitrogen and oxygen atoms in total. The first-order valence-electron chi connectivity index (χ1n) is 9.61. The van der Waals surface area contributed by atoms with Gasteiger partial charge in [-0.25, -0.2) is 0 Å². The fourth-order valence-corrected chi connectivity index (χ4v) is 4.59. The molecule has 1 radical (unpaired) electrons. The Hall–Kier alpha value is -2.63. The Bertz CT molecular complexity index is 1180. The summed E-state index contributed by atoms with van der Waals surface area (Å²) < 4.78 is 22.4. The van der Waals surface area contributed by atoms with Crippen molar-refractivity contribution in [1.29, 1.82) is 0 Å². The third-order valence-electron chi connectivity index (χ3n) is 4.70. The Morgan fingerprint density at radius 3 is 1.03 bits per heavy atom. The predicted octanol–water partition coefficient (Wildman–Crippen LogP) is 4.30. The quantitative estimate of drug-likeness (QED) is 0.295. The van der Waals surface area contributed by atoms with E-state index in [4.69, 9.17) is 0 Å². The molecule has 0 heterocycles. The van der Waals surface area contributed by atoms with Gasteiger partial charge in [0.2, 0.25) is 16.1 Å². The normalized spacial score (nSPS) is 11.9. The summed E-state index contributed by atoms with van der Waals surface area (Å²) in [5.74, 6) is 0.219. The second kappa shape index (κ2) is 12.6. The van der Waals surface area contributed by atoms with Crippen LogP contribution in [0.15, 0.2) is 97.1 Å². The maximum atomic E-state index is 11.2. The van der Waals surface area contributed by atoms with E-state index in [-0.39, 0.29) is 28.3 Å². The van der Waals surface area contributed by atoms with Crippen molar-refractivity contribution in [3.05, 3.63) is 97.1 Å². The van der Waals surface area contributed by atoms with Crippen molar-refractivity contribution < 1.29 is 45.9 Å². The van der Waals surface area contributed by atoms with Crippen LogP contribution in [0.5, 0.6) is 11.5 Å². The average molecular weight is 527 g/mol. The van der Waals surface area contributed by atoms with Gasteiger partial charge < -0.3 is 20.0 Å². The van der Waals surface area contributed by atoms with Crippen LogP contribution in [-0.4, -0.2) is 20.0 Å². The minimum absolute atomic E-state index is 0. The van der Waals surface area contributed by atoms with Crippen LogP contribution in [-0.2, 0) is 25.9 Å². The molecule has 4 aromatic rings. The zero-order valence-corrected chi connectivity index (χ0v) is 20.2. The zero-order chi connectivity index (χ0) is 23.1. The van der Waals surface area contributed by atoms with Gasteiger partial charge in [-0.15, -0.1) is 0 Å². The molecule has 173 valence electrons. The van der Waals surface area contributed by atoms with E-state index in [0.29, 0.717) is 32.9 Å². The molecule has 0 saturated heterocycles. The minimum atomic E-state index is -2.77. The third-order valence-corrected chi connectivity index (χ3v) is 6.50. The van der Waals surface area contributed by atoms with E-state index >= 15 is 0 Å². The van der Waals surface area contributed by atoms with E-state index in [1.165, 1.54) is 0 Å². The zero-order valence-electron chi connectivity index (χ0n) is 17.2. The molecule has 0 amide bonds. The summed E-state index contributed by atoms with van der Waals surface area (Å²) in [6.07, 6.45) is 0. The number of phenolic OH excluding ortho intramolecular Hbond substituents is 2. The fraction of sp³-hybridized carbons (Fsp3) is 0. The number of rotatable bonds is 4. The minimum Gasteiger partial charge on any atom is -0.507 e. The molecule has 0 aliphatic rings. The van der Waals surface area contributed by atoms with Crippen molar-refractivity contribution in [2.45, 2.75) is 0 Å². The van der Waals surface area contributed by atoms with Crippen LogP contribution in [0.3, 0.4) is 0 Å². The Morgan fingerprint density at radius 1 is 0.455 bits per heavy atom. The maximum Gasteiger partial charge on any atom is 0.218 e. The van der Waals surface area contributed by atoms with Gasteiger partial charge in [0.15, 0.2) is 0 Å². The Kier molecular flexibility index (Phi) is 10.1. The molecule has 4 aromatic carbocycles. The number of hydrogen-bond donors (Lipinski definition) is 4. The number of hydrogen-bond acceptors (Lipinski definition) is 4. The van der Waals surface area contributed by atoms with Crippen LogP contribution in [0.4, 0.5) is 0 Å². The predicted molar refractivity (Wildman–Crippen MR) is 129 cm³/mol. The van der Waals surface area contributed by atoms with Gasteiger partial charge in [0.05, 0.1) is 0 Å². The van der Waals surface area contributed by atoms with E-state index in [1.54, 1.807) is 97.1 Å². The molecule has 33 heavy (non-hydrogen) atoms. The van der Waals surface area contributed by atoms with Crippen molar-refractivity contribution in [3.8, 4) is 33.8 Å². The molecule has 2 atom stereocenters. The average Bonchev–Trinajstić information content (AvgIpc) is 2.80. The van der Waals surface area contributed by atoms with Gasteiger partial charge >= 0.3 is 0 Å². The number of aromatic hydroxyl groups is 2. The number of phenols is 2. The van der Waals surface area contributed by atoms with Crippen LogP contribution in [0, 0.1) is 0 Å². The first-order valence-corrected chi connectivity index (χ1v) is 12.3. The molecule has 0 fully saturated rings. The molecule has 0 aliphatic carbocycles. The molecule has 0 bridgehead atoms. The Morgan fingerprint density at radius 2 is 0.727 bits per heavy atom. The SMILES string of the molecule is O=[PH](O)c1ccccc1-c1ccccc1O.O=[PH](O)c1ccccc1-c1ccccc1O.[Co]. The molecule has 0 spiro atoms. The Balaban J connectivity index is 0.000000227. The van der Waals surface area contributed by atoms with Gasteiger partial charge in [0.1, 0.15) is 11.5 Å². The standard InChI is InChI=1S/2C12H11O3P.Co/c2*13-11-7-3-1-5-9(11)10-6-2-4-8-12(10)16(14)15;/h2*1-8,13,16H,(H,14,15);. The smallest absolute Gasteiger partial charge is 0.218 e. The molecule has 9 heteroatoms. The summed E-state index contributed by atoms with van der Waals surface area (Å²) in [5, 5.41) is 20.1. The van der Waals surface area contributed by atoms with Gasteiger partial charge in [-0.2, -0.15) is 0 Å². The molecular formula is C24H22CoO6P2. The van der Waals surface area contributed by atoms with Crippen molar-refractivity contribution in [3.63, 3.8) is 0 Å². The largest absolute Gasteiger partial charge is 0.507 e. The van der Waals surface area contributed by atoms with Gasteiger partial charge in [-0.1, -0.05) is 72.8 Å². The number of benzene rings is 4. The van der Waals surface area contributed by atoms with E-state index in [2.05, 4.69) is 0 Å². The molecule has 0 saturated carbocycles. The molecule has 2 unspecified atom stereocenters. The van der Waals surface area contributed by atoms with Gasteiger partial charge in [-0.3, -0.25) is 9.13 Å². The Labute approximate surface area is 203 Å².